The molecule has 0 atom stereocenters. The van der Waals surface area contributed by atoms with Crippen molar-refractivity contribution in [3.63, 3.8) is 0 Å². The van der Waals surface area contributed by atoms with Gasteiger partial charge in [0.05, 0.1) is 21.5 Å². The third-order valence-corrected chi connectivity index (χ3v) is 4.03. The molecule has 0 spiro atoms. The molecule has 0 bridgehead atoms. The molecule has 8 heteroatoms. The van der Waals surface area contributed by atoms with E-state index in [1.165, 1.54) is 6.92 Å². The molecule has 1 N–H and O–H groups in total. The molecule has 0 aromatic heterocycles. The van der Waals surface area contributed by atoms with E-state index < -0.39 is 27.1 Å². The number of nitro benzene ring substituents is 2. The van der Waals surface area contributed by atoms with Gasteiger partial charge in [0, 0.05) is 17.3 Å². The Labute approximate surface area is 150 Å². The maximum absolute atomic E-state index is 12.5. The van der Waals surface area contributed by atoms with Crippen molar-refractivity contribution in [2.45, 2.75) is 33.1 Å². The standard InChI is InChI=1S/C18H19N3O5/c1-11-15(9-14(20(23)24)10-16(11)21(25)26)17(22)19-13-7-5-12(6-8-13)18(2,3)4/h5-10H,1-4H3,(H,19,22). The molecule has 2 rings (SSSR count). The number of non-ortho nitro benzene ring substituents is 1. The molecule has 1 amide bonds. The highest BCUT2D eigenvalue weighted by molar-refractivity contribution is 6.06. The Balaban J connectivity index is 2.37. The molecule has 26 heavy (non-hydrogen) atoms. The summed E-state index contributed by atoms with van der Waals surface area (Å²) in [6.45, 7) is 7.57. The molecule has 0 saturated carbocycles. The molecular formula is C18H19N3O5. The summed E-state index contributed by atoms with van der Waals surface area (Å²) in [6.07, 6.45) is 0. The van der Waals surface area contributed by atoms with E-state index in [1.54, 1.807) is 12.1 Å². The van der Waals surface area contributed by atoms with Gasteiger partial charge in [0.2, 0.25) is 0 Å². The molecule has 136 valence electrons. The zero-order valence-electron chi connectivity index (χ0n) is 14.9. The summed E-state index contributed by atoms with van der Waals surface area (Å²) in [7, 11) is 0. The Morgan fingerprint density at radius 1 is 1.00 bits per heavy atom. The number of nitrogens with one attached hydrogen (secondary N) is 1. The van der Waals surface area contributed by atoms with Crippen molar-refractivity contribution in [2.24, 2.45) is 0 Å². The summed E-state index contributed by atoms with van der Waals surface area (Å²) >= 11 is 0. The van der Waals surface area contributed by atoms with Crippen LogP contribution in [-0.4, -0.2) is 15.8 Å². The zero-order valence-corrected chi connectivity index (χ0v) is 14.9. The number of anilines is 1. The minimum absolute atomic E-state index is 0.0419. The van der Waals surface area contributed by atoms with Gasteiger partial charge in [-0.1, -0.05) is 32.9 Å². The molecule has 0 aliphatic carbocycles. The van der Waals surface area contributed by atoms with E-state index in [-0.39, 0.29) is 16.5 Å². The number of nitro groups is 2. The normalized spacial score (nSPS) is 11.1. The lowest BCUT2D eigenvalue weighted by molar-refractivity contribution is -0.394. The highest BCUT2D eigenvalue weighted by Gasteiger charge is 2.24. The summed E-state index contributed by atoms with van der Waals surface area (Å²) in [5, 5.41) is 24.7. The third-order valence-electron chi connectivity index (χ3n) is 4.03. The van der Waals surface area contributed by atoms with Crippen molar-refractivity contribution < 1.29 is 14.6 Å². The lowest BCUT2D eigenvalue weighted by Crippen LogP contribution is -2.15. The Morgan fingerprint density at radius 3 is 2.04 bits per heavy atom. The first-order chi connectivity index (χ1) is 12.0. The Bertz CT molecular complexity index is 883. The van der Waals surface area contributed by atoms with E-state index in [9.17, 15) is 25.0 Å². The van der Waals surface area contributed by atoms with Gasteiger partial charge in [0.1, 0.15) is 0 Å². The van der Waals surface area contributed by atoms with Gasteiger partial charge >= 0.3 is 0 Å². The van der Waals surface area contributed by atoms with Crippen LogP contribution in [0.2, 0.25) is 0 Å². The van der Waals surface area contributed by atoms with Crippen LogP contribution in [0.15, 0.2) is 36.4 Å². The SMILES string of the molecule is Cc1c(C(=O)Nc2ccc(C(C)(C)C)cc2)cc([N+](=O)[O-])cc1[N+](=O)[O-]. The maximum Gasteiger partial charge on any atom is 0.279 e. The molecule has 0 radical (unpaired) electrons. The van der Waals surface area contributed by atoms with Crippen LogP contribution in [0.1, 0.15) is 42.3 Å². The Morgan fingerprint density at radius 2 is 1.58 bits per heavy atom. The van der Waals surface area contributed by atoms with Gasteiger partial charge < -0.3 is 5.32 Å². The van der Waals surface area contributed by atoms with Crippen LogP contribution in [-0.2, 0) is 5.41 Å². The number of carbonyl (C=O) groups is 1. The molecule has 8 nitrogen and oxygen atoms in total. The number of carbonyl (C=O) groups excluding carboxylic acids is 1. The predicted octanol–water partition coefficient (Wildman–Crippen LogP) is 4.36. The quantitative estimate of drug-likeness (QED) is 0.644. The number of benzene rings is 2. The van der Waals surface area contributed by atoms with Crippen molar-refractivity contribution in [3.05, 3.63) is 73.3 Å². The minimum Gasteiger partial charge on any atom is -0.322 e. The van der Waals surface area contributed by atoms with Crippen molar-refractivity contribution in [3.8, 4) is 0 Å². The molecular weight excluding hydrogens is 338 g/mol. The number of amides is 1. The molecule has 2 aromatic carbocycles. The third kappa shape index (κ3) is 4.02. The number of rotatable bonds is 4. The average Bonchev–Trinajstić information content (AvgIpc) is 2.54. The van der Waals surface area contributed by atoms with Gasteiger partial charge in [0.15, 0.2) is 0 Å². The van der Waals surface area contributed by atoms with Crippen LogP contribution in [0, 0.1) is 27.2 Å². The number of nitrogens with zero attached hydrogens (tertiary/aromatic N) is 2. The largest absolute Gasteiger partial charge is 0.322 e. The summed E-state index contributed by atoms with van der Waals surface area (Å²) in [6, 6.07) is 9.08. The maximum atomic E-state index is 12.5. The Kier molecular flexibility index (Phi) is 5.06. The van der Waals surface area contributed by atoms with Gasteiger partial charge in [-0.2, -0.15) is 0 Å². The minimum atomic E-state index is -0.763. The molecule has 0 aliphatic heterocycles. The molecule has 0 aliphatic rings. The number of hydrogen-bond acceptors (Lipinski definition) is 5. The van der Waals surface area contributed by atoms with Crippen LogP contribution in [0.5, 0.6) is 0 Å². The summed E-state index contributed by atoms with van der Waals surface area (Å²) in [4.78, 5) is 33.1. The summed E-state index contributed by atoms with van der Waals surface area (Å²) < 4.78 is 0. The monoisotopic (exact) mass is 357 g/mol. The fraction of sp³-hybridized carbons (Fsp3) is 0.278. The van der Waals surface area contributed by atoms with E-state index in [0.29, 0.717) is 5.69 Å². The second-order valence-corrected chi connectivity index (χ2v) is 6.93. The first-order valence-electron chi connectivity index (χ1n) is 7.86. The predicted molar refractivity (Wildman–Crippen MR) is 97.6 cm³/mol. The van der Waals surface area contributed by atoms with Crippen LogP contribution in [0.3, 0.4) is 0 Å². The molecule has 0 saturated heterocycles. The Hall–Kier alpha value is -3.29. The second kappa shape index (κ2) is 6.91. The lowest BCUT2D eigenvalue weighted by atomic mass is 9.87. The van der Waals surface area contributed by atoms with E-state index in [4.69, 9.17) is 0 Å². The van der Waals surface area contributed by atoms with Crippen molar-refractivity contribution in [2.75, 3.05) is 5.32 Å². The fourth-order valence-electron chi connectivity index (χ4n) is 2.47. The van der Waals surface area contributed by atoms with Crippen molar-refractivity contribution >= 4 is 23.0 Å². The molecule has 2 aromatic rings. The lowest BCUT2D eigenvalue weighted by Gasteiger charge is -2.19. The van der Waals surface area contributed by atoms with E-state index in [2.05, 4.69) is 26.1 Å². The number of hydrogen-bond donors (Lipinski definition) is 1. The van der Waals surface area contributed by atoms with Crippen LogP contribution < -0.4 is 5.32 Å². The van der Waals surface area contributed by atoms with Crippen molar-refractivity contribution in [1.29, 1.82) is 0 Å². The smallest absolute Gasteiger partial charge is 0.279 e. The zero-order chi connectivity index (χ0) is 19.6. The van der Waals surface area contributed by atoms with Gasteiger partial charge in [-0.05, 0) is 30.0 Å². The topological polar surface area (TPSA) is 115 Å². The first-order valence-corrected chi connectivity index (χ1v) is 7.86. The van der Waals surface area contributed by atoms with Gasteiger partial charge in [-0.25, -0.2) is 0 Å². The van der Waals surface area contributed by atoms with E-state index in [0.717, 1.165) is 17.7 Å². The first kappa shape index (κ1) is 19.0. The molecule has 0 fully saturated rings. The van der Waals surface area contributed by atoms with Crippen molar-refractivity contribution in [1.82, 2.24) is 0 Å². The second-order valence-electron chi connectivity index (χ2n) is 6.93. The van der Waals surface area contributed by atoms with Gasteiger partial charge in [0.25, 0.3) is 17.3 Å². The van der Waals surface area contributed by atoms with Crippen LogP contribution >= 0.6 is 0 Å². The van der Waals surface area contributed by atoms with Gasteiger partial charge in [-0.3, -0.25) is 25.0 Å². The van der Waals surface area contributed by atoms with Crippen LogP contribution in [0.4, 0.5) is 17.1 Å². The summed E-state index contributed by atoms with van der Waals surface area (Å²) in [5.41, 5.74) is 0.534. The van der Waals surface area contributed by atoms with E-state index >= 15 is 0 Å². The van der Waals surface area contributed by atoms with Crippen LogP contribution in [0.25, 0.3) is 0 Å². The van der Waals surface area contributed by atoms with E-state index in [1.807, 2.05) is 12.1 Å². The molecule has 0 unspecified atom stereocenters. The molecule has 0 heterocycles. The fourth-order valence-corrected chi connectivity index (χ4v) is 2.47. The van der Waals surface area contributed by atoms with Gasteiger partial charge in [-0.15, -0.1) is 0 Å². The summed E-state index contributed by atoms with van der Waals surface area (Å²) in [5.74, 6) is -0.641. The highest BCUT2D eigenvalue weighted by Crippen LogP contribution is 2.29. The highest BCUT2D eigenvalue weighted by atomic mass is 16.6. The average molecular weight is 357 g/mol.